The second kappa shape index (κ2) is 13.0. The summed E-state index contributed by atoms with van der Waals surface area (Å²) in [6.07, 6.45) is 8.26. The van der Waals surface area contributed by atoms with Gasteiger partial charge in [-0.15, -0.1) is 0 Å². The molecular weight excluding hydrogens is 741 g/mol. The van der Waals surface area contributed by atoms with Crippen molar-refractivity contribution in [2.24, 2.45) is 0 Å². The van der Waals surface area contributed by atoms with Gasteiger partial charge in [0.15, 0.2) is 17.5 Å². The SMILES string of the molecule is C1=Cc2ccc(-c3nc(-c4ccccc4)nc(-c4ccc(-c5cccnc5)cc4)n3)cc2C2(c3ccccc31)c1ccccc1-c1c2cc2ccc3cccc4ccc1c2c34. The molecule has 4 nitrogen and oxygen atoms in total. The molecule has 11 aromatic rings. The van der Waals surface area contributed by atoms with Gasteiger partial charge in [-0.05, 0) is 106 Å². The number of hydrogen-bond acceptors (Lipinski definition) is 4. The van der Waals surface area contributed by atoms with Crippen molar-refractivity contribution in [3.63, 3.8) is 0 Å². The van der Waals surface area contributed by atoms with E-state index in [0.717, 1.165) is 33.4 Å². The molecule has 13 rings (SSSR count). The van der Waals surface area contributed by atoms with Crippen molar-refractivity contribution in [1.29, 1.82) is 0 Å². The number of pyridine rings is 1. The van der Waals surface area contributed by atoms with Crippen LogP contribution >= 0.6 is 0 Å². The largest absolute Gasteiger partial charge is 0.264 e. The number of aromatic nitrogens is 4. The Labute approximate surface area is 352 Å². The zero-order valence-electron chi connectivity index (χ0n) is 32.9. The van der Waals surface area contributed by atoms with Crippen molar-refractivity contribution >= 4 is 44.5 Å². The minimum Gasteiger partial charge on any atom is -0.264 e. The van der Waals surface area contributed by atoms with E-state index in [2.05, 4.69) is 175 Å². The Morgan fingerprint density at radius 1 is 0.361 bits per heavy atom. The van der Waals surface area contributed by atoms with E-state index in [4.69, 9.17) is 15.0 Å². The van der Waals surface area contributed by atoms with Gasteiger partial charge in [-0.25, -0.2) is 15.0 Å². The summed E-state index contributed by atoms with van der Waals surface area (Å²) in [5.41, 5.74) is 14.3. The van der Waals surface area contributed by atoms with Crippen LogP contribution in [0.2, 0.25) is 0 Å². The van der Waals surface area contributed by atoms with Crippen molar-refractivity contribution < 1.29 is 0 Å². The van der Waals surface area contributed by atoms with E-state index >= 15 is 0 Å². The predicted octanol–water partition coefficient (Wildman–Crippen LogP) is 13.7. The van der Waals surface area contributed by atoms with Crippen LogP contribution in [0.25, 0.3) is 101 Å². The molecule has 2 aliphatic rings. The molecule has 0 N–H and O–H groups in total. The van der Waals surface area contributed by atoms with Gasteiger partial charge in [0.2, 0.25) is 0 Å². The number of rotatable bonds is 4. The molecule has 0 saturated heterocycles. The van der Waals surface area contributed by atoms with Crippen LogP contribution in [0.15, 0.2) is 194 Å². The monoisotopic (exact) mass is 774 g/mol. The van der Waals surface area contributed by atoms with Crippen LogP contribution in [-0.2, 0) is 5.41 Å². The van der Waals surface area contributed by atoms with Crippen LogP contribution in [0.4, 0.5) is 0 Å². The lowest BCUT2D eigenvalue weighted by Gasteiger charge is -2.35. The average molecular weight is 775 g/mol. The van der Waals surface area contributed by atoms with Crippen LogP contribution in [0, 0.1) is 0 Å². The first-order valence-corrected chi connectivity index (χ1v) is 20.8. The molecule has 1 spiro atoms. The van der Waals surface area contributed by atoms with Crippen LogP contribution in [0.5, 0.6) is 0 Å². The Kier molecular flexibility index (Phi) is 7.19. The van der Waals surface area contributed by atoms with Gasteiger partial charge in [0.05, 0.1) is 5.41 Å². The number of benzene rings is 9. The molecule has 0 amide bonds. The van der Waals surface area contributed by atoms with E-state index in [1.807, 2.05) is 30.5 Å². The Hall–Kier alpha value is -8.08. The van der Waals surface area contributed by atoms with E-state index < -0.39 is 5.41 Å². The Bertz CT molecular complexity index is 3560. The molecule has 2 heterocycles. The third-order valence-electron chi connectivity index (χ3n) is 13.0. The van der Waals surface area contributed by atoms with Crippen LogP contribution in [0.1, 0.15) is 33.4 Å². The zero-order chi connectivity index (χ0) is 40.1. The van der Waals surface area contributed by atoms with Crippen molar-refractivity contribution in [2.75, 3.05) is 0 Å². The van der Waals surface area contributed by atoms with Crippen LogP contribution in [0.3, 0.4) is 0 Å². The number of nitrogens with zero attached hydrogens (tertiary/aromatic N) is 4. The lowest BCUT2D eigenvalue weighted by Crippen LogP contribution is -2.30. The maximum absolute atomic E-state index is 5.26. The maximum Gasteiger partial charge on any atom is 0.164 e. The highest BCUT2D eigenvalue weighted by molar-refractivity contribution is 6.27. The number of hydrogen-bond donors (Lipinski definition) is 0. The van der Waals surface area contributed by atoms with Gasteiger partial charge in [0.1, 0.15) is 0 Å². The van der Waals surface area contributed by atoms with E-state index in [-0.39, 0.29) is 0 Å². The van der Waals surface area contributed by atoms with E-state index in [1.165, 1.54) is 71.3 Å². The molecule has 4 heteroatoms. The Morgan fingerprint density at radius 3 is 1.77 bits per heavy atom. The minimum atomic E-state index is -0.637. The van der Waals surface area contributed by atoms with E-state index in [9.17, 15) is 0 Å². The number of fused-ring (bicyclic) bond motifs is 10. The highest BCUT2D eigenvalue weighted by Crippen LogP contribution is 2.61. The predicted molar refractivity (Wildman–Crippen MR) is 249 cm³/mol. The fourth-order valence-corrected chi connectivity index (χ4v) is 10.3. The summed E-state index contributed by atoms with van der Waals surface area (Å²) in [5.74, 6) is 1.88. The molecule has 0 aliphatic heterocycles. The third-order valence-corrected chi connectivity index (χ3v) is 13.0. The molecule has 2 aliphatic carbocycles. The smallest absolute Gasteiger partial charge is 0.164 e. The second-order valence-corrected chi connectivity index (χ2v) is 16.2. The summed E-state index contributed by atoms with van der Waals surface area (Å²) in [6.45, 7) is 0. The first kappa shape index (κ1) is 33.8. The molecule has 61 heavy (non-hydrogen) atoms. The maximum atomic E-state index is 5.26. The lowest BCUT2D eigenvalue weighted by molar-refractivity contribution is 0.768. The van der Waals surface area contributed by atoms with Crippen molar-refractivity contribution in [2.45, 2.75) is 5.41 Å². The molecule has 2 aromatic heterocycles. The highest BCUT2D eigenvalue weighted by Gasteiger charge is 2.49. The third kappa shape index (κ3) is 4.93. The minimum absolute atomic E-state index is 0.622. The first-order valence-electron chi connectivity index (χ1n) is 20.8. The molecule has 0 radical (unpaired) electrons. The zero-order valence-corrected chi connectivity index (χ0v) is 32.9. The van der Waals surface area contributed by atoms with Gasteiger partial charge in [0.25, 0.3) is 0 Å². The Balaban J connectivity index is 1.08. The van der Waals surface area contributed by atoms with Crippen LogP contribution < -0.4 is 0 Å². The second-order valence-electron chi connectivity index (χ2n) is 16.2. The molecular formula is C57H34N4. The molecule has 1 unspecified atom stereocenters. The van der Waals surface area contributed by atoms with Gasteiger partial charge in [-0.3, -0.25) is 4.98 Å². The summed E-state index contributed by atoms with van der Waals surface area (Å²) in [4.78, 5) is 19.9. The fourth-order valence-electron chi connectivity index (χ4n) is 10.3. The van der Waals surface area contributed by atoms with E-state index in [1.54, 1.807) is 6.20 Å². The van der Waals surface area contributed by atoms with Gasteiger partial charge in [-0.2, -0.15) is 0 Å². The van der Waals surface area contributed by atoms with Gasteiger partial charge in [-0.1, -0.05) is 176 Å². The fraction of sp³-hybridized carbons (Fsp3) is 0.0175. The average Bonchev–Trinajstić information content (AvgIpc) is 3.54. The summed E-state index contributed by atoms with van der Waals surface area (Å²) in [7, 11) is 0. The summed E-state index contributed by atoms with van der Waals surface area (Å²) >= 11 is 0. The molecule has 282 valence electrons. The van der Waals surface area contributed by atoms with Gasteiger partial charge >= 0.3 is 0 Å². The van der Waals surface area contributed by atoms with E-state index in [0.29, 0.717) is 17.5 Å². The van der Waals surface area contributed by atoms with Crippen molar-refractivity contribution in [3.05, 3.63) is 228 Å². The quantitative estimate of drug-likeness (QED) is 0.167. The van der Waals surface area contributed by atoms with Crippen molar-refractivity contribution in [1.82, 2.24) is 19.9 Å². The highest BCUT2D eigenvalue weighted by atomic mass is 15.0. The normalized spacial score (nSPS) is 14.9. The Morgan fingerprint density at radius 2 is 0.984 bits per heavy atom. The molecule has 0 bridgehead atoms. The molecule has 9 aromatic carbocycles. The first-order chi connectivity index (χ1) is 30.2. The molecule has 1 atom stereocenters. The topological polar surface area (TPSA) is 51.6 Å². The van der Waals surface area contributed by atoms with Crippen molar-refractivity contribution in [3.8, 4) is 56.4 Å². The summed E-state index contributed by atoms with van der Waals surface area (Å²) in [5, 5.41) is 7.74. The summed E-state index contributed by atoms with van der Waals surface area (Å²) < 4.78 is 0. The standard InChI is InChI=1S/C57H34N4/c1-2-11-40(12-3-1)54-59-55(41-25-19-35(20-26-41)44-15-9-31-58-34-44)61-56(60-54)43-28-23-37-22-21-36-10-4-6-17-47(36)57(49(37)33-43)48-18-7-5-16-45(48)53-46-30-29-39-14-8-13-38-24-27-42(32-50(53)57)52(46)51(38)39/h1-34H. The lowest BCUT2D eigenvalue weighted by atomic mass is 9.65. The van der Waals surface area contributed by atoms with Crippen LogP contribution in [-0.4, -0.2) is 19.9 Å². The van der Waals surface area contributed by atoms with Gasteiger partial charge < -0.3 is 0 Å². The molecule has 0 fully saturated rings. The molecule has 0 saturated carbocycles. The summed E-state index contributed by atoms with van der Waals surface area (Å²) in [6, 6.07) is 65.9. The van der Waals surface area contributed by atoms with Gasteiger partial charge in [0, 0.05) is 29.1 Å².